The summed E-state index contributed by atoms with van der Waals surface area (Å²) >= 11 is 0. The highest BCUT2D eigenvalue weighted by Crippen LogP contribution is 2.44. The fourth-order valence-electron chi connectivity index (χ4n) is 3.67. The Labute approximate surface area is 127 Å². The van der Waals surface area contributed by atoms with Crippen molar-refractivity contribution in [2.75, 3.05) is 7.11 Å². The molecular formula is C18H25NO2. The average molecular weight is 287 g/mol. The molecule has 0 amide bonds. The standard InChI is InChI=1S/C18H25NO2/c1-21-18(20)17(14-6-3-2-4-7-14)19-16-9-5-8-15(12-16)13-10-11-13/h2-4,6-7,13,15-17,19H,5,8-12H2,1H3. The third kappa shape index (κ3) is 3.65. The molecule has 3 heteroatoms. The molecule has 114 valence electrons. The van der Waals surface area contributed by atoms with Crippen molar-refractivity contribution in [3.63, 3.8) is 0 Å². The number of carbonyl (C=O) groups excluding carboxylic acids is 1. The number of benzene rings is 1. The Balaban J connectivity index is 1.67. The Morgan fingerprint density at radius 2 is 1.90 bits per heavy atom. The molecule has 0 aromatic heterocycles. The van der Waals surface area contributed by atoms with E-state index in [4.69, 9.17) is 4.74 Å². The van der Waals surface area contributed by atoms with Crippen LogP contribution >= 0.6 is 0 Å². The normalized spacial score (nSPS) is 27.1. The molecule has 0 aliphatic heterocycles. The molecule has 2 aliphatic carbocycles. The number of methoxy groups -OCH3 is 1. The first kappa shape index (κ1) is 14.6. The van der Waals surface area contributed by atoms with Gasteiger partial charge in [-0.3, -0.25) is 5.32 Å². The van der Waals surface area contributed by atoms with Gasteiger partial charge in [0.15, 0.2) is 0 Å². The van der Waals surface area contributed by atoms with Gasteiger partial charge < -0.3 is 4.74 Å². The first-order valence-electron chi connectivity index (χ1n) is 8.16. The fraction of sp³-hybridized carbons (Fsp3) is 0.611. The van der Waals surface area contributed by atoms with Gasteiger partial charge in [0, 0.05) is 6.04 Å². The van der Waals surface area contributed by atoms with Crippen molar-refractivity contribution in [3.05, 3.63) is 35.9 Å². The third-order valence-corrected chi connectivity index (χ3v) is 4.98. The second-order valence-electron chi connectivity index (χ2n) is 6.49. The van der Waals surface area contributed by atoms with E-state index < -0.39 is 0 Å². The summed E-state index contributed by atoms with van der Waals surface area (Å²) in [6, 6.07) is 10.0. The van der Waals surface area contributed by atoms with E-state index in [-0.39, 0.29) is 12.0 Å². The lowest BCUT2D eigenvalue weighted by molar-refractivity contribution is -0.143. The number of carbonyl (C=O) groups is 1. The summed E-state index contributed by atoms with van der Waals surface area (Å²) in [6.45, 7) is 0. The van der Waals surface area contributed by atoms with E-state index in [1.807, 2.05) is 30.3 Å². The summed E-state index contributed by atoms with van der Waals surface area (Å²) in [5.41, 5.74) is 0.998. The highest BCUT2D eigenvalue weighted by Gasteiger charge is 2.36. The summed E-state index contributed by atoms with van der Waals surface area (Å²) in [5, 5.41) is 3.56. The molecule has 0 spiro atoms. The minimum atomic E-state index is -0.334. The minimum absolute atomic E-state index is 0.185. The molecule has 3 unspecified atom stereocenters. The predicted molar refractivity (Wildman–Crippen MR) is 82.8 cm³/mol. The smallest absolute Gasteiger partial charge is 0.327 e. The van der Waals surface area contributed by atoms with Crippen LogP contribution in [0.15, 0.2) is 30.3 Å². The Hall–Kier alpha value is -1.35. The number of hydrogen-bond acceptors (Lipinski definition) is 3. The van der Waals surface area contributed by atoms with Crippen LogP contribution in [0.3, 0.4) is 0 Å². The largest absolute Gasteiger partial charge is 0.468 e. The van der Waals surface area contributed by atoms with Crippen molar-refractivity contribution >= 4 is 5.97 Å². The van der Waals surface area contributed by atoms with E-state index >= 15 is 0 Å². The van der Waals surface area contributed by atoms with Crippen molar-refractivity contribution in [1.29, 1.82) is 0 Å². The molecule has 0 bridgehead atoms. The van der Waals surface area contributed by atoms with Crippen LogP contribution in [0, 0.1) is 11.8 Å². The molecule has 1 N–H and O–H groups in total. The maximum absolute atomic E-state index is 12.1. The van der Waals surface area contributed by atoms with Crippen LogP contribution in [-0.4, -0.2) is 19.1 Å². The zero-order chi connectivity index (χ0) is 14.7. The summed E-state index contributed by atoms with van der Waals surface area (Å²) in [5.74, 6) is 1.64. The molecule has 3 atom stereocenters. The molecular weight excluding hydrogens is 262 g/mol. The first-order chi connectivity index (χ1) is 10.3. The minimum Gasteiger partial charge on any atom is -0.468 e. The molecule has 21 heavy (non-hydrogen) atoms. The van der Waals surface area contributed by atoms with E-state index in [2.05, 4.69) is 5.32 Å². The molecule has 1 aromatic carbocycles. The van der Waals surface area contributed by atoms with Crippen LogP contribution in [0.1, 0.15) is 50.1 Å². The summed E-state index contributed by atoms with van der Waals surface area (Å²) in [4.78, 5) is 12.1. The van der Waals surface area contributed by atoms with E-state index in [1.54, 1.807) is 0 Å². The Bertz CT molecular complexity index is 469. The maximum atomic E-state index is 12.1. The van der Waals surface area contributed by atoms with Gasteiger partial charge in [0.2, 0.25) is 0 Å². The van der Waals surface area contributed by atoms with E-state index in [1.165, 1.54) is 45.6 Å². The highest BCUT2D eigenvalue weighted by atomic mass is 16.5. The van der Waals surface area contributed by atoms with E-state index in [0.29, 0.717) is 6.04 Å². The maximum Gasteiger partial charge on any atom is 0.327 e. The topological polar surface area (TPSA) is 38.3 Å². The van der Waals surface area contributed by atoms with Crippen molar-refractivity contribution in [2.24, 2.45) is 11.8 Å². The van der Waals surface area contributed by atoms with Crippen LogP contribution in [-0.2, 0) is 9.53 Å². The van der Waals surface area contributed by atoms with Gasteiger partial charge in [-0.15, -0.1) is 0 Å². The zero-order valence-corrected chi connectivity index (χ0v) is 12.8. The summed E-state index contributed by atoms with van der Waals surface area (Å²) in [7, 11) is 1.47. The molecule has 3 nitrogen and oxygen atoms in total. The van der Waals surface area contributed by atoms with Gasteiger partial charge in [0.1, 0.15) is 6.04 Å². The van der Waals surface area contributed by atoms with Crippen LogP contribution in [0.5, 0.6) is 0 Å². The lowest BCUT2D eigenvalue weighted by Crippen LogP contribution is -2.40. The monoisotopic (exact) mass is 287 g/mol. The molecule has 2 fully saturated rings. The molecule has 1 aromatic rings. The number of nitrogens with one attached hydrogen (secondary N) is 1. The lowest BCUT2D eigenvalue weighted by atomic mass is 9.82. The summed E-state index contributed by atoms with van der Waals surface area (Å²) < 4.78 is 4.99. The van der Waals surface area contributed by atoms with Gasteiger partial charge >= 0.3 is 5.97 Å². The molecule has 0 heterocycles. The van der Waals surface area contributed by atoms with Gasteiger partial charge in [-0.1, -0.05) is 43.2 Å². The Morgan fingerprint density at radius 1 is 1.14 bits per heavy atom. The van der Waals surface area contributed by atoms with Crippen LogP contribution < -0.4 is 5.32 Å². The second kappa shape index (κ2) is 6.61. The highest BCUT2D eigenvalue weighted by molar-refractivity contribution is 5.77. The van der Waals surface area contributed by atoms with Crippen molar-refractivity contribution in [3.8, 4) is 0 Å². The van der Waals surface area contributed by atoms with Crippen molar-refractivity contribution in [1.82, 2.24) is 5.32 Å². The first-order valence-corrected chi connectivity index (χ1v) is 8.16. The van der Waals surface area contributed by atoms with Crippen molar-refractivity contribution in [2.45, 2.75) is 50.6 Å². The van der Waals surface area contributed by atoms with E-state index in [9.17, 15) is 4.79 Å². The number of esters is 1. The number of ether oxygens (including phenoxy) is 1. The molecule has 2 saturated carbocycles. The van der Waals surface area contributed by atoms with Gasteiger partial charge in [-0.05, 0) is 43.1 Å². The van der Waals surface area contributed by atoms with Crippen LogP contribution in [0.2, 0.25) is 0 Å². The Morgan fingerprint density at radius 3 is 2.57 bits per heavy atom. The van der Waals surface area contributed by atoms with Crippen molar-refractivity contribution < 1.29 is 9.53 Å². The molecule has 3 rings (SSSR count). The SMILES string of the molecule is COC(=O)C(NC1CCCC(C2CC2)C1)c1ccccc1. The van der Waals surface area contributed by atoms with Gasteiger partial charge in [-0.25, -0.2) is 4.79 Å². The van der Waals surface area contributed by atoms with Gasteiger partial charge in [0.05, 0.1) is 7.11 Å². The quantitative estimate of drug-likeness (QED) is 0.843. The van der Waals surface area contributed by atoms with Crippen LogP contribution in [0.25, 0.3) is 0 Å². The van der Waals surface area contributed by atoms with Crippen LogP contribution in [0.4, 0.5) is 0 Å². The molecule has 0 radical (unpaired) electrons. The van der Waals surface area contributed by atoms with E-state index in [0.717, 1.165) is 17.4 Å². The lowest BCUT2D eigenvalue weighted by Gasteiger charge is -2.32. The zero-order valence-electron chi connectivity index (χ0n) is 12.8. The molecule has 0 saturated heterocycles. The molecule has 2 aliphatic rings. The third-order valence-electron chi connectivity index (χ3n) is 4.98. The number of rotatable bonds is 5. The number of hydrogen-bond donors (Lipinski definition) is 1. The fourth-order valence-corrected chi connectivity index (χ4v) is 3.67. The van der Waals surface area contributed by atoms with Gasteiger partial charge in [0.25, 0.3) is 0 Å². The average Bonchev–Trinajstić information content (AvgIpc) is 3.38. The second-order valence-corrected chi connectivity index (χ2v) is 6.49. The Kier molecular flexibility index (Phi) is 4.59. The van der Waals surface area contributed by atoms with Gasteiger partial charge in [-0.2, -0.15) is 0 Å². The summed E-state index contributed by atoms with van der Waals surface area (Å²) in [6.07, 6.45) is 7.86. The predicted octanol–water partition coefficient (Wildman–Crippen LogP) is 3.46.